The zero-order valence-corrected chi connectivity index (χ0v) is 32.0. The van der Waals surface area contributed by atoms with E-state index in [2.05, 4.69) is 118 Å². The number of esters is 1. The largest absolute Gasteiger partial charge is 0.459 e. The fourth-order valence-corrected chi connectivity index (χ4v) is 15.1. The molecule has 50 heavy (non-hydrogen) atoms. The molecule has 0 amide bonds. The number of unbranched alkanes of at least 4 members (excludes halogenated alkanes) is 5. The Kier molecular flexibility index (Phi) is 11.0. The van der Waals surface area contributed by atoms with E-state index in [0.29, 0.717) is 5.41 Å². The van der Waals surface area contributed by atoms with Gasteiger partial charge in [-0.1, -0.05) is 162 Å². The van der Waals surface area contributed by atoms with Gasteiger partial charge in [-0.15, -0.1) is 0 Å². The van der Waals surface area contributed by atoms with Crippen molar-refractivity contribution in [2.24, 2.45) is 34.5 Å². The minimum Gasteiger partial charge on any atom is -0.459 e. The zero-order valence-electron chi connectivity index (χ0n) is 31.1. The smallest absolute Gasteiger partial charge is 0.332 e. The molecule has 3 aromatic carbocycles. The summed E-state index contributed by atoms with van der Waals surface area (Å²) in [5, 5.41) is 3.53. The summed E-state index contributed by atoms with van der Waals surface area (Å²) in [5.41, 5.74) is 2.38. The van der Waals surface area contributed by atoms with Crippen molar-refractivity contribution in [3.63, 3.8) is 0 Å². The lowest BCUT2D eigenvalue weighted by molar-refractivity contribution is -0.142. The van der Waals surface area contributed by atoms with Crippen molar-refractivity contribution in [1.82, 2.24) is 0 Å². The zero-order chi connectivity index (χ0) is 34.6. The molecule has 0 unspecified atom stereocenters. The molecule has 0 N–H and O–H groups in total. The van der Waals surface area contributed by atoms with Crippen LogP contribution in [0.1, 0.15) is 117 Å². The molecule has 0 saturated heterocycles. The molecular weight excluding hydrogens is 627 g/mol. The number of carbonyl (C=O) groups excluding carboxylic acids is 1. The number of rotatable bonds is 12. The SMILES string of the molecule is CCCCCCCC[C@@H]1CC[C@@H]2[C@H]3CC=C4C[C@H](OC(=O)C=P(c5ccccc5)(c5ccccc5)c5ccccc5)CC[C@]4(C)[C@@H]3CC[C@]12C. The first-order valence-electron chi connectivity index (χ1n) is 20.2. The molecule has 266 valence electrons. The molecule has 0 radical (unpaired) electrons. The van der Waals surface area contributed by atoms with Crippen LogP contribution in [0, 0.1) is 34.5 Å². The normalized spacial score (nSPS) is 30.4. The van der Waals surface area contributed by atoms with Crippen molar-refractivity contribution in [3.05, 3.63) is 103 Å². The molecule has 4 aliphatic rings. The van der Waals surface area contributed by atoms with Crippen molar-refractivity contribution in [2.75, 3.05) is 0 Å². The van der Waals surface area contributed by atoms with E-state index < -0.39 is 6.89 Å². The minimum absolute atomic E-state index is 0.0547. The van der Waals surface area contributed by atoms with Gasteiger partial charge in [0.2, 0.25) is 0 Å². The summed E-state index contributed by atoms with van der Waals surface area (Å²) in [6.07, 6.45) is 22.4. The lowest BCUT2D eigenvalue weighted by atomic mass is 9.47. The molecule has 2 nitrogen and oxygen atoms in total. The van der Waals surface area contributed by atoms with Crippen LogP contribution in [0.25, 0.3) is 0 Å². The van der Waals surface area contributed by atoms with Gasteiger partial charge in [-0.25, -0.2) is 4.79 Å². The second-order valence-corrected chi connectivity index (χ2v) is 20.0. The summed E-state index contributed by atoms with van der Waals surface area (Å²) in [6.45, 7) is 5.21. The highest BCUT2D eigenvalue weighted by Gasteiger charge is 2.58. The Morgan fingerprint density at radius 1 is 0.740 bits per heavy atom. The van der Waals surface area contributed by atoms with Gasteiger partial charge in [0.05, 0.1) is 0 Å². The van der Waals surface area contributed by atoms with Gasteiger partial charge in [0.15, 0.2) is 0 Å². The molecule has 4 aliphatic carbocycles. The van der Waals surface area contributed by atoms with Gasteiger partial charge in [0.25, 0.3) is 0 Å². The van der Waals surface area contributed by atoms with Crippen molar-refractivity contribution in [1.29, 1.82) is 0 Å². The fourth-order valence-electron chi connectivity index (χ4n) is 11.5. The number of hydrogen-bond donors (Lipinski definition) is 0. The molecule has 3 aromatic rings. The maximum atomic E-state index is 14.2. The topological polar surface area (TPSA) is 26.3 Å². The van der Waals surface area contributed by atoms with Crippen molar-refractivity contribution in [2.45, 2.75) is 123 Å². The highest BCUT2D eigenvalue weighted by molar-refractivity contribution is 7.95. The third-order valence-electron chi connectivity index (χ3n) is 14.2. The van der Waals surface area contributed by atoms with Crippen LogP contribution in [0.2, 0.25) is 0 Å². The number of carbonyl (C=O) groups is 1. The van der Waals surface area contributed by atoms with Crippen LogP contribution in [0.15, 0.2) is 103 Å². The summed E-state index contributed by atoms with van der Waals surface area (Å²) in [6, 6.07) is 31.8. The highest BCUT2D eigenvalue weighted by atomic mass is 31.2. The number of hydrogen-bond acceptors (Lipinski definition) is 2. The standard InChI is InChI=1S/C47H61O2P/c1-4-5-6-7-8-12-19-36-27-29-43-42-28-26-37-34-38(30-32-47(37,3)44(42)31-33-46(36,43)2)49-45(48)35-50(39-20-13-9-14-21-39,40-22-15-10-16-23-40)41-24-17-11-18-25-41/h9-11,13-18,20-26,35-36,38,42-44H,4-8,12,19,27-34H2,1-3H3/t36-,38-,42-,43-,44-,46-,47+/m1/s1. The van der Waals surface area contributed by atoms with Gasteiger partial charge in [0.1, 0.15) is 6.10 Å². The molecule has 3 saturated carbocycles. The van der Waals surface area contributed by atoms with E-state index in [1.54, 1.807) is 5.57 Å². The first-order valence-corrected chi connectivity index (χ1v) is 22.1. The van der Waals surface area contributed by atoms with Crippen LogP contribution in [0.4, 0.5) is 0 Å². The van der Waals surface area contributed by atoms with E-state index in [9.17, 15) is 4.79 Å². The fraction of sp³-hybridized carbons (Fsp3) is 0.532. The van der Waals surface area contributed by atoms with Gasteiger partial charge in [0, 0.05) is 12.2 Å². The molecule has 3 heteroatoms. The number of allylic oxidation sites excluding steroid dienone is 1. The Labute approximate surface area is 303 Å². The lowest BCUT2D eigenvalue weighted by Crippen LogP contribution is -2.50. The molecule has 0 heterocycles. The van der Waals surface area contributed by atoms with Crippen molar-refractivity contribution in [3.8, 4) is 0 Å². The summed E-state index contributed by atoms with van der Waals surface area (Å²) < 4.78 is 6.50. The van der Waals surface area contributed by atoms with Crippen LogP contribution < -0.4 is 15.9 Å². The first kappa shape index (κ1) is 35.6. The van der Waals surface area contributed by atoms with Gasteiger partial charge in [-0.05, 0) is 109 Å². The second-order valence-electron chi connectivity index (χ2n) is 16.8. The van der Waals surface area contributed by atoms with Gasteiger partial charge in [-0.3, -0.25) is 0 Å². The number of fused-ring (bicyclic) bond motifs is 5. The van der Waals surface area contributed by atoms with Crippen LogP contribution in [-0.4, -0.2) is 17.9 Å². The van der Waals surface area contributed by atoms with E-state index in [4.69, 9.17) is 4.74 Å². The third-order valence-corrected chi connectivity index (χ3v) is 18.2. The monoisotopic (exact) mass is 688 g/mol. The second kappa shape index (κ2) is 15.4. The van der Waals surface area contributed by atoms with Crippen LogP contribution in [0.5, 0.6) is 0 Å². The predicted molar refractivity (Wildman–Crippen MR) is 214 cm³/mol. The van der Waals surface area contributed by atoms with E-state index >= 15 is 0 Å². The van der Waals surface area contributed by atoms with E-state index in [-0.39, 0.29) is 17.5 Å². The van der Waals surface area contributed by atoms with Gasteiger partial charge < -0.3 is 4.74 Å². The van der Waals surface area contributed by atoms with E-state index in [1.165, 1.54) is 93.0 Å². The Hall–Kier alpha value is -2.83. The van der Waals surface area contributed by atoms with Crippen LogP contribution in [-0.2, 0) is 9.53 Å². The highest BCUT2D eigenvalue weighted by Crippen LogP contribution is 2.67. The average molecular weight is 689 g/mol. The maximum Gasteiger partial charge on any atom is 0.332 e. The summed E-state index contributed by atoms with van der Waals surface area (Å²) in [7, 11) is 0. The van der Waals surface area contributed by atoms with E-state index in [1.807, 2.05) is 5.80 Å². The summed E-state index contributed by atoms with van der Waals surface area (Å²) in [5.74, 6) is 5.23. The Balaban J connectivity index is 1.08. The van der Waals surface area contributed by atoms with Crippen LogP contribution in [0.3, 0.4) is 0 Å². The molecule has 7 atom stereocenters. The van der Waals surface area contributed by atoms with Gasteiger partial charge >= 0.3 is 5.97 Å². The number of ether oxygens (including phenoxy) is 1. The summed E-state index contributed by atoms with van der Waals surface area (Å²) in [4.78, 5) is 14.2. The molecule has 7 rings (SSSR count). The average Bonchev–Trinajstić information content (AvgIpc) is 3.49. The quantitative estimate of drug-likeness (QED) is 0.0819. The Morgan fingerprint density at radius 3 is 1.96 bits per heavy atom. The lowest BCUT2D eigenvalue weighted by Gasteiger charge is -2.58. The van der Waals surface area contributed by atoms with Crippen LogP contribution >= 0.6 is 6.89 Å². The molecule has 0 spiro atoms. The molecule has 3 fully saturated rings. The predicted octanol–water partition coefficient (Wildman–Crippen LogP) is 11.0. The summed E-state index contributed by atoms with van der Waals surface area (Å²) >= 11 is 0. The van der Waals surface area contributed by atoms with Crippen molar-refractivity contribution >= 4 is 34.6 Å². The molecule has 0 bridgehead atoms. The molecule has 0 aromatic heterocycles. The number of benzene rings is 3. The van der Waals surface area contributed by atoms with E-state index in [0.717, 1.165) is 42.9 Å². The van der Waals surface area contributed by atoms with Crippen molar-refractivity contribution < 1.29 is 9.53 Å². The maximum absolute atomic E-state index is 14.2. The molecule has 0 aliphatic heterocycles. The molecular formula is C47H61O2P. The Bertz CT molecular complexity index is 1560. The Morgan fingerprint density at radius 2 is 1.34 bits per heavy atom. The van der Waals surface area contributed by atoms with Gasteiger partial charge in [-0.2, -0.15) is 0 Å². The minimum atomic E-state index is -2.39. The first-order chi connectivity index (χ1) is 24.4. The third kappa shape index (κ3) is 6.76.